The number of hydrogen-bond donors (Lipinski definition) is 0. The minimum atomic E-state index is 0.911. The van der Waals surface area contributed by atoms with Crippen LogP contribution in [0.1, 0.15) is 11.1 Å². The fraction of sp³-hybridized carbons (Fsp3) is 0.222. The molecular weight excluding hydrogens is 281 g/mol. The van der Waals surface area contributed by atoms with E-state index >= 15 is 0 Å². The molecule has 62 valence electrons. The van der Waals surface area contributed by atoms with Crippen LogP contribution in [0.15, 0.2) is 17.1 Å². The number of aliphatic imine (C=N–C) groups is 1. The maximum Gasteiger partial charge on any atom is 0.0875 e. The Hall–Kier alpha value is -0.250. The van der Waals surface area contributed by atoms with Crippen molar-refractivity contribution in [3.05, 3.63) is 26.8 Å². The summed E-state index contributed by atoms with van der Waals surface area (Å²) in [6.45, 7) is 4.15. The first kappa shape index (κ1) is 9.84. The molecule has 0 radical (unpaired) electrons. The molecule has 0 aliphatic heterocycles. The van der Waals surface area contributed by atoms with Gasteiger partial charge in [-0.3, -0.25) is 0 Å². The number of hydrogen-bond acceptors (Lipinski definition) is 2. The molecule has 1 aromatic carbocycles. The fourth-order valence-corrected chi connectivity index (χ4v) is 1.74. The van der Waals surface area contributed by atoms with Crippen LogP contribution in [0.25, 0.3) is 0 Å². The summed E-state index contributed by atoms with van der Waals surface area (Å²) in [5, 5.41) is 2.38. The molecule has 1 nitrogen and oxygen atoms in total. The zero-order chi connectivity index (χ0) is 9.14. The Morgan fingerprint density at radius 1 is 1.33 bits per heavy atom. The monoisotopic (exact) mass is 289 g/mol. The van der Waals surface area contributed by atoms with Gasteiger partial charge in [0.1, 0.15) is 0 Å². The van der Waals surface area contributed by atoms with Crippen LogP contribution >= 0.6 is 34.8 Å². The van der Waals surface area contributed by atoms with Gasteiger partial charge >= 0.3 is 0 Å². The lowest BCUT2D eigenvalue weighted by molar-refractivity contribution is 1.31. The van der Waals surface area contributed by atoms with Gasteiger partial charge in [-0.1, -0.05) is 0 Å². The van der Waals surface area contributed by atoms with Crippen molar-refractivity contribution in [2.24, 2.45) is 4.99 Å². The van der Waals surface area contributed by atoms with Crippen LogP contribution in [0, 0.1) is 17.4 Å². The van der Waals surface area contributed by atoms with Gasteiger partial charge in [0.25, 0.3) is 0 Å². The molecule has 0 fully saturated rings. The molecule has 0 aliphatic rings. The van der Waals surface area contributed by atoms with Gasteiger partial charge in [0.2, 0.25) is 0 Å². The van der Waals surface area contributed by atoms with E-state index < -0.39 is 0 Å². The number of aryl methyl sites for hydroxylation is 2. The number of benzene rings is 1. The van der Waals surface area contributed by atoms with E-state index in [1.165, 1.54) is 11.1 Å². The van der Waals surface area contributed by atoms with Crippen LogP contribution in [0.5, 0.6) is 0 Å². The molecule has 0 saturated carbocycles. The molecule has 0 heterocycles. The van der Waals surface area contributed by atoms with E-state index in [1.807, 2.05) is 6.07 Å². The number of isothiocyanates is 1. The first-order valence-electron chi connectivity index (χ1n) is 3.50. The second-order valence-electron chi connectivity index (χ2n) is 2.59. The maximum absolute atomic E-state index is 4.55. The Labute approximate surface area is 91.0 Å². The fourth-order valence-electron chi connectivity index (χ4n) is 0.901. The molecule has 1 rings (SSSR count). The molecule has 3 heteroatoms. The topological polar surface area (TPSA) is 12.4 Å². The standard InChI is InChI=1S/C9H8INS/c1-6-3-8(10)9(11-5-12)4-7(6)2/h3-4H,1-2H3. The molecule has 0 unspecified atom stereocenters. The third-order valence-electron chi connectivity index (χ3n) is 1.73. The highest BCUT2D eigenvalue weighted by Gasteiger charge is 2.00. The zero-order valence-electron chi connectivity index (χ0n) is 6.89. The quantitative estimate of drug-likeness (QED) is 0.437. The van der Waals surface area contributed by atoms with Crippen molar-refractivity contribution in [1.29, 1.82) is 0 Å². The van der Waals surface area contributed by atoms with E-state index in [-0.39, 0.29) is 0 Å². The van der Waals surface area contributed by atoms with Gasteiger partial charge in [-0.25, -0.2) is 0 Å². The Bertz CT molecular complexity index is 354. The van der Waals surface area contributed by atoms with Crippen LogP contribution in [0.3, 0.4) is 0 Å². The first-order chi connectivity index (χ1) is 5.65. The molecule has 0 spiro atoms. The van der Waals surface area contributed by atoms with Crippen molar-refractivity contribution >= 4 is 45.7 Å². The molecular formula is C9H8INS. The van der Waals surface area contributed by atoms with E-state index in [2.05, 4.69) is 64.9 Å². The Morgan fingerprint density at radius 2 is 1.92 bits per heavy atom. The van der Waals surface area contributed by atoms with E-state index in [0.717, 1.165) is 9.26 Å². The van der Waals surface area contributed by atoms with Crippen molar-refractivity contribution in [2.75, 3.05) is 0 Å². The molecule has 0 saturated heterocycles. The second-order valence-corrected chi connectivity index (χ2v) is 3.94. The predicted molar refractivity (Wildman–Crippen MR) is 63.3 cm³/mol. The Balaban J connectivity index is 3.32. The third-order valence-corrected chi connectivity index (χ3v) is 2.68. The van der Waals surface area contributed by atoms with Crippen LogP contribution < -0.4 is 0 Å². The second kappa shape index (κ2) is 4.12. The van der Waals surface area contributed by atoms with Crippen molar-refractivity contribution < 1.29 is 0 Å². The zero-order valence-corrected chi connectivity index (χ0v) is 9.86. The molecule has 0 amide bonds. The maximum atomic E-state index is 4.55. The van der Waals surface area contributed by atoms with Gasteiger partial charge in [0, 0.05) is 3.57 Å². The van der Waals surface area contributed by atoms with Gasteiger partial charge in [0.05, 0.1) is 10.8 Å². The first-order valence-corrected chi connectivity index (χ1v) is 4.98. The van der Waals surface area contributed by atoms with Crippen LogP contribution in [-0.4, -0.2) is 5.16 Å². The summed E-state index contributed by atoms with van der Waals surface area (Å²) in [5.74, 6) is 0. The van der Waals surface area contributed by atoms with Crippen molar-refractivity contribution in [3.8, 4) is 0 Å². The summed E-state index contributed by atoms with van der Waals surface area (Å²) in [6, 6.07) is 4.12. The molecule has 0 aromatic heterocycles. The smallest absolute Gasteiger partial charge is 0.0875 e. The number of thiocarbonyl (C=S) groups is 1. The predicted octanol–water partition coefficient (Wildman–Crippen LogP) is 3.64. The van der Waals surface area contributed by atoms with E-state index in [1.54, 1.807) is 0 Å². The largest absolute Gasteiger partial charge is 0.194 e. The average Bonchev–Trinajstić information content (AvgIpc) is 2.01. The van der Waals surface area contributed by atoms with Gasteiger partial charge < -0.3 is 0 Å². The summed E-state index contributed by atoms with van der Waals surface area (Å²) in [7, 11) is 0. The lowest BCUT2D eigenvalue weighted by Gasteiger charge is -2.02. The summed E-state index contributed by atoms with van der Waals surface area (Å²) in [5.41, 5.74) is 3.43. The van der Waals surface area contributed by atoms with Crippen molar-refractivity contribution in [1.82, 2.24) is 0 Å². The summed E-state index contributed by atoms with van der Waals surface area (Å²) in [6.07, 6.45) is 0. The molecule has 0 atom stereocenters. The summed E-state index contributed by atoms with van der Waals surface area (Å²) < 4.78 is 1.12. The van der Waals surface area contributed by atoms with Crippen LogP contribution in [0.2, 0.25) is 0 Å². The molecule has 0 N–H and O–H groups in total. The minimum Gasteiger partial charge on any atom is -0.194 e. The Morgan fingerprint density at radius 3 is 2.50 bits per heavy atom. The SMILES string of the molecule is Cc1cc(I)c(N=C=S)cc1C. The molecule has 0 bridgehead atoms. The Kier molecular flexibility index (Phi) is 3.38. The van der Waals surface area contributed by atoms with Crippen molar-refractivity contribution in [3.63, 3.8) is 0 Å². The minimum absolute atomic E-state index is 0.911. The van der Waals surface area contributed by atoms with E-state index in [0.29, 0.717) is 0 Å². The summed E-state index contributed by atoms with van der Waals surface area (Å²) >= 11 is 6.80. The number of rotatable bonds is 1. The average molecular weight is 289 g/mol. The molecule has 0 aliphatic carbocycles. The van der Waals surface area contributed by atoms with Gasteiger partial charge in [-0.15, -0.1) is 0 Å². The van der Waals surface area contributed by atoms with E-state index in [9.17, 15) is 0 Å². The van der Waals surface area contributed by atoms with Crippen LogP contribution in [-0.2, 0) is 0 Å². The lowest BCUT2D eigenvalue weighted by atomic mass is 10.1. The molecule has 12 heavy (non-hydrogen) atoms. The lowest BCUT2D eigenvalue weighted by Crippen LogP contribution is -1.82. The molecule has 1 aromatic rings. The number of halogens is 1. The summed E-state index contributed by atoms with van der Waals surface area (Å²) in [4.78, 5) is 3.97. The van der Waals surface area contributed by atoms with Crippen molar-refractivity contribution in [2.45, 2.75) is 13.8 Å². The van der Waals surface area contributed by atoms with Gasteiger partial charge in [-0.05, 0) is 71.9 Å². The highest BCUT2D eigenvalue weighted by atomic mass is 127. The highest BCUT2D eigenvalue weighted by molar-refractivity contribution is 14.1. The number of nitrogens with zero attached hydrogens (tertiary/aromatic N) is 1. The normalized spacial score (nSPS) is 9.25. The van der Waals surface area contributed by atoms with Crippen LogP contribution in [0.4, 0.5) is 5.69 Å². The van der Waals surface area contributed by atoms with Gasteiger partial charge in [0.15, 0.2) is 0 Å². The highest BCUT2D eigenvalue weighted by Crippen LogP contribution is 2.24. The van der Waals surface area contributed by atoms with E-state index in [4.69, 9.17) is 0 Å². The third kappa shape index (κ3) is 2.12. The van der Waals surface area contributed by atoms with Gasteiger partial charge in [-0.2, -0.15) is 4.99 Å².